The third kappa shape index (κ3) is 14.8. The molecule has 0 unspecified atom stereocenters. The van der Waals surface area contributed by atoms with Crippen molar-refractivity contribution in [2.24, 2.45) is 5.92 Å². The van der Waals surface area contributed by atoms with E-state index in [0.29, 0.717) is 6.61 Å². The van der Waals surface area contributed by atoms with E-state index in [1.54, 1.807) is 0 Å². The Balaban J connectivity index is 3.02. The van der Waals surface area contributed by atoms with Crippen molar-refractivity contribution in [3.05, 3.63) is 0 Å². The van der Waals surface area contributed by atoms with Crippen LogP contribution in [0.5, 0.6) is 0 Å². The molecule has 0 aliphatic carbocycles. The summed E-state index contributed by atoms with van der Waals surface area (Å²) in [4.78, 5) is 0. The van der Waals surface area contributed by atoms with E-state index in [-0.39, 0.29) is 19.1 Å². The lowest BCUT2D eigenvalue weighted by atomic mass is 10.1. The smallest absolute Gasteiger partial charge is 0.0481 e. The van der Waals surface area contributed by atoms with Gasteiger partial charge in [0.15, 0.2) is 0 Å². The van der Waals surface area contributed by atoms with Gasteiger partial charge < -0.3 is 15.3 Å². The van der Waals surface area contributed by atoms with E-state index in [4.69, 9.17) is 15.3 Å². The summed E-state index contributed by atoms with van der Waals surface area (Å²) < 4.78 is 0. The van der Waals surface area contributed by atoms with Gasteiger partial charge in [0.25, 0.3) is 0 Å². The summed E-state index contributed by atoms with van der Waals surface area (Å²) in [6, 6.07) is 0. The standard InChI is InChI=1S/C14H30O3S2/c15-7-2-1-3-8-18-10-5-11-19-9-4-6-14(12-16)13-17/h14-17H,1-13H2. The molecule has 0 aromatic carbocycles. The summed E-state index contributed by atoms with van der Waals surface area (Å²) in [5, 5.41) is 26.5. The summed E-state index contributed by atoms with van der Waals surface area (Å²) in [5.74, 6) is 4.89. The molecule has 0 amide bonds. The van der Waals surface area contributed by atoms with Gasteiger partial charge in [0.05, 0.1) is 0 Å². The Bertz CT molecular complexity index is 167. The highest BCUT2D eigenvalue weighted by molar-refractivity contribution is 8.00. The van der Waals surface area contributed by atoms with Crippen LogP contribution in [0.25, 0.3) is 0 Å². The van der Waals surface area contributed by atoms with Crippen LogP contribution in [0.2, 0.25) is 0 Å². The van der Waals surface area contributed by atoms with Gasteiger partial charge in [0, 0.05) is 25.7 Å². The van der Waals surface area contributed by atoms with Crippen molar-refractivity contribution >= 4 is 23.5 Å². The number of thioether (sulfide) groups is 2. The minimum absolute atomic E-state index is 0.0788. The molecule has 3 N–H and O–H groups in total. The van der Waals surface area contributed by atoms with Gasteiger partial charge in [-0.25, -0.2) is 0 Å². The molecule has 116 valence electrons. The molecule has 19 heavy (non-hydrogen) atoms. The Morgan fingerprint density at radius 3 is 1.79 bits per heavy atom. The van der Waals surface area contributed by atoms with Gasteiger partial charge in [-0.1, -0.05) is 6.42 Å². The van der Waals surface area contributed by atoms with Crippen LogP contribution >= 0.6 is 23.5 Å². The minimum atomic E-state index is 0.0788. The van der Waals surface area contributed by atoms with Crippen LogP contribution in [0.15, 0.2) is 0 Å². The molecular weight excluding hydrogens is 280 g/mol. The highest BCUT2D eigenvalue weighted by Gasteiger charge is 2.04. The molecule has 0 aliphatic heterocycles. The van der Waals surface area contributed by atoms with E-state index in [1.165, 1.54) is 30.1 Å². The van der Waals surface area contributed by atoms with Crippen LogP contribution < -0.4 is 0 Å². The quantitative estimate of drug-likeness (QED) is 0.405. The Morgan fingerprint density at radius 1 is 0.632 bits per heavy atom. The van der Waals surface area contributed by atoms with Crippen LogP contribution in [0.3, 0.4) is 0 Å². The first kappa shape index (κ1) is 19.6. The number of aliphatic hydroxyl groups excluding tert-OH is 3. The zero-order chi connectivity index (χ0) is 14.2. The maximum atomic E-state index is 8.92. The van der Waals surface area contributed by atoms with E-state index >= 15 is 0 Å². The molecular formula is C14H30O3S2. The molecule has 0 bridgehead atoms. The first-order valence-corrected chi connectivity index (χ1v) is 9.64. The molecule has 0 aromatic heterocycles. The minimum Gasteiger partial charge on any atom is -0.396 e. The molecule has 0 aromatic rings. The van der Waals surface area contributed by atoms with Gasteiger partial charge in [-0.05, 0) is 55.1 Å². The zero-order valence-electron chi connectivity index (χ0n) is 11.9. The van der Waals surface area contributed by atoms with E-state index in [9.17, 15) is 0 Å². The van der Waals surface area contributed by atoms with Crippen LogP contribution in [0.1, 0.15) is 38.5 Å². The normalized spacial score (nSPS) is 11.4. The molecule has 0 saturated heterocycles. The van der Waals surface area contributed by atoms with Crippen LogP contribution in [-0.4, -0.2) is 58.2 Å². The van der Waals surface area contributed by atoms with Gasteiger partial charge in [-0.15, -0.1) is 0 Å². The average Bonchev–Trinajstić information content (AvgIpc) is 2.44. The zero-order valence-corrected chi connectivity index (χ0v) is 13.6. The van der Waals surface area contributed by atoms with Crippen LogP contribution in [-0.2, 0) is 0 Å². The Kier molecular flexibility index (Phi) is 17.1. The van der Waals surface area contributed by atoms with E-state index in [1.807, 2.05) is 23.5 Å². The Labute approximate surface area is 126 Å². The second-order valence-electron chi connectivity index (χ2n) is 4.74. The molecule has 0 aliphatic rings. The molecule has 0 heterocycles. The average molecular weight is 311 g/mol. The predicted octanol–water partition coefficient (Wildman–Crippen LogP) is 2.39. The van der Waals surface area contributed by atoms with Gasteiger partial charge >= 0.3 is 0 Å². The van der Waals surface area contributed by atoms with Crippen molar-refractivity contribution in [1.82, 2.24) is 0 Å². The lowest BCUT2D eigenvalue weighted by Crippen LogP contribution is -2.10. The molecule has 3 nitrogen and oxygen atoms in total. The molecule has 0 radical (unpaired) electrons. The molecule has 0 rings (SSSR count). The van der Waals surface area contributed by atoms with Crippen molar-refractivity contribution < 1.29 is 15.3 Å². The monoisotopic (exact) mass is 310 g/mol. The number of aliphatic hydroxyl groups is 3. The SMILES string of the molecule is OCCCCCSCCCSCCCC(CO)CO. The van der Waals surface area contributed by atoms with Crippen molar-refractivity contribution in [1.29, 1.82) is 0 Å². The Hall–Kier alpha value is 0.580. The highest BCUT2D eigenvalue weighted by atomic mass is 32.2. The van der Waals surface area contributed by atoms with Gasteiger partial charge in [-0.3, -0.25) is 0 Å². The van der Waals surface area contributed by atoms with Crippen LogP contribution in [0, 0.1) is 5.92 Å². The molecule has 0 spiro atoms. The van der Waals surface area contributed by atoms with Crippen molar-refractivity contribution in [3.8, 4) is 0 Å². The van der Waals surface area contributed by atoms with Crippen LogP contribution in [0.4, 0.5) is 0 Å². The summed E-state index contributed by atoms with van der Waals surface area (Å²) in [7, 11) is 0. The Morgan fingerprint density at radius 2 is 1.21 bits per heavy atom. The predicted molar refractivity (Wildman–Crippen MR) is 87.1 cm³/mol. The number of rotatable bonds is 15. The van der Waals surface area contributed by atoms with Gasteiger partial charge in [0.2, 0.25) is 0 Å². The molecule has 0 fully saturated rings. The van der Waals surface area contributed by atoms with Gasteiger partial charge in [-0.2, -0.15) is 23.5 Å². The van der Waals surface area contributed by atoms with E-state index < -0.39 is 0 Å². The second-order valence-corrected chi connectivity index (χ2v) is 7.19. The highest BCUT2D eigenvalue weighted by Crippen LogP contribution is 2.13. The maximum absolute atomic E-state index is 8.92. The third-order valence-corrected chi connectivity index (χ3v) is 5.25. The van der Waals surface area contributed by atoms with E-state index in [2.05, 4.69) is 0 Å². The first-order valence-electron chi connectivity index (χ1n) is 7.33. The number of unbranched alkanes of at least 4 members (excludes halogenated alkanes) is 2. The summed E-state index contributed by atoms with van der Waals surface area (Å²) in [5.41, 5.74) is 0. The van der Waals surface area contributed by atoms with Gasteiger partial charge in [0.1, 0.15) is 0 Å². The summed E-state index contributed by atoms with van der Waals surface area (Å²) in [6.45, 7) is 0.539. The molecule has 5 heteroatoms. The van der Waals surface area contributed by atoms with Crippen molar-refractivity contribution in [2.45, 2.75) is 38.5 Å². The number of hydrogen-bond acceptors (Lipinski definition) is 5. The molecule has 0 atom stereocenters. The van der Waals surface area contributed by atoms with E-state index in [0.717, 1.165) is 31.4 Å². The maximum Gasteiger partial charge on any atom is 0.0481 e. The first-order chi connectivity index (χ1) is 9.35. The number of hydrogen-bond donors (Lipinski definition) is 3. The fourth-order valence-electron chi connectivity index (χ4n) is 1.67. The second kappa shape index (κ2) is 16.6. The topological polar surface area (TPSA) is 60.7 Å². The van der Waals surface area contributed by atoms with Crippen molar-refractivity contribution in [3.63, 3.8) is 0 Å². The summed E-state index contributed by atoms with van der Waals surface area (Å²) in [6.07, 6.45) is 6.60. The molecule has 0 saturated carbocycles. The lowest BCUT2D eigenvalue weighted by molar-refractivity contribution is 0.143. The summed E-state index contributed by atoms with van der Waals surface area (Å²) >= 11 is 4.00. The third-order valence-electron chi connectivity index (χ3n) is 2.94. The fourth-order valence-corrected chi connectivity index (χ4v) is 3.74. The largest absolute Gasteiger partial charge is 0.396 e. The fraction of sp³-hybridized carbons (Fsp3) is 1.00. The lowest BCUT2D eigenvalue weighted by Gasteiger charge is -2.09. The van der Waals surface area contributed by atoms with Crippen molar-refractivity contribution in [2.75, 3.05) is 42.8 Å².